The van der Waals surface area contributed by atoms with Gasteiger partial charge in [0.1, 0.15) is 5.75 Å². The third-order valence-electron chi connectivity index (χ3n) is 7.62. The molecule has 0 aliphatic heterocycles. The van der Waals surface area contributed by atoms with Gasteiger partial charge in [-0.15, -0.1) is 0 Å². The Morgan fingerprint density at radius 3 is 1.95 bits per heavy atom. The zero-order valence-electron chi connectivity index (χ0n) is 25.2. The van der Waals surface area contributed by atoms with Crippen LogP contribution in [0.5, 0.6) is 5.75 Å². The highest BCUT2D eigenvalue weighted by Crippen LogP contribution is 2.28. The minimum Gasteiger partial charge on any atom is -0.422 e. The monoisotopic (exact) mass is 590 g/mol. The predicted molar refractivity (Wildman–Crippen MR) is 176 cm³/mol. The lowest BCUT2D eigenvalue weighted by Gasteiger charge is -2.11. The highest BCUT2D eigenvalue weighted by molar-refractivity contribution is 6.33. The van der Waals surface area contributed by atoms with E-state index >= 15 is 0 Å². The van der Waals surface area contributed by atoms with Crippen LogP contribution >= 0.6 is 11.6 Å². The summed E-state index contributed by atoms with van der Waals surface area (Å²) < 4.78 is 5.71. The average Bonchev–Trinajstić information content (AvgIpc) is 3.00. The fraction of sp³-hybridized carbons (Fsp3) is 0.472. The maximum absolute atomic E-state index is 12.8. The molecule has 1 amide bonds. The molecule has 3 aromatic carbocycles. The normalized spacial score (nSPS) is 11.3. The van der Waals surface area contributed by atoms with Gasteiger partial charge in [-0.3, -0.25) is 4.79 Å². The molecule has 0 unspecified atom stereocenters. The summed E-state index contributed by atoms with van der Waals surface area (Å²) in [5.41, 5.74) is 3.53. The van der Waals surface area contributed by atoms with Crippen molar-refractivity contribution in [2.45, 2.75) is 110 Å². The predicted octanol–water partition coefficient (Wildman–Crippen LogP) is 10.4. The van der Waals surface area contributed by atoms with Gasteiger partial charge in [0.15, 0.2) is 0 Å². The smallest absolute Gasteiger partial charge is 0.345 e. The Bertz CT molecular complexity index is 1270. The molecule has 6 heteroatoms. The molecule has 0 fully saturated rings. The van der Waals surface area contributed by atoms with Crippen LogP contribution in [-0.4, -0.2) is 18.1 Å². The standard InChI is InChI=1S/C36H47ClN2O3/c1-2-3-4-5-6-7-8-9-10-11-12-13-14-15-16-25-35(40)39-38-28-32-30-22-18-17-21-29(30)26-27-34(32)42-36(41)31-23-19-20-24-33(31)37/h17-24,26-28H,2-16,25H2,1H3,(H,39,40). The van der Waals surface area contributed by atoms with Crippen LogP contribution in [0.1, 0.15) is 126 Å². The van der Waals surface area contributed by atoms with Gasteiger partial charge in [-0.1, -0.05) is 151 Å². The van der Waals surface area contributed by atoms with Gasteiger partial charge >= 0.3 is 5.97 Å². The van der Waals surface area contributed by atoms with Gasteiger partial charge in [0.05, 0.1) is 16.8 Å². The topological polar surface area (TPSA) is 67.8 Å². The molecule has 1 N–H and O–H groups in total. The highest BCUT2D eigenvalue weighted by Gasteiger charge is 2.16. The van der Waals surface area contributed by atoms with Gasteiger partial charge in [-0.25, -0.2) is 10.2 Å². The largest absolute Gasteiger partial charge is 0.422 e. The summed E-state index contributed by atoms with van der Waals surface area (Å²) in [4.78, 5) is 25.2. The number of unbranched alkanes of at least 4 members (excludes halogenated alkanes) is 14. The first-order valence-corrected chi connectivity index (χ1v) is 16.3. The SMILES string of the molecule is CCCCCCCCCCCCCCCCCC(=O)NN=Cc1c(OC(=O)c2ccccc2Cl)ccc2ccccc12. The molecule has 0 aliphatic carbocycles. The Hall–Kier alpha value is -3.18. The number of benzene rings is 3. The van der Waals surface area contributed by atoms with E-state index in [1.165, 1.54) is 83.5 Å². The van der Waals surface area contributed by atoms with Crippen molar-refractivity contribution in [1.82, 2.24) is 5.43 Å². The Labute approximate surface area is 257 Å². The van der Waals surface area contributed by atoms with Crippen LogP contribution < -0.4 is 10.2 Å². The first kappa shape index (κ1) is 33.3. The summed E-state index contributed by atoms with van der Waals surface area (Å²) in [6.45, 7) is 2.27. The number of hydrazone groups is 1. The van der Waals surface area contributed by atoms with Crippen molar-refractivity contribution in [2.24, 2.45) is 5.10 Å². The fourth-order valence-electron chi connectivity index (χ4n) is 5.16. The number of amides is 1. The first-order chi connectivity index (χ1) is 20.6. The van der Waals surface area contributed by atoms with E-state index in [9.17, 15) is 9.59 Å². The summed E-state index contributed by atoms with van der Waals surface area (Å²) in [6.07, 6.45) is 21.4. The van der Waals surface area contributed by atoms with E-state index in [1.807, 2.05) is 30.3 Å². The lowest BCUT2D eigenvalue weighted by Crippen LogP contribution is -2.17. The average molecular weight is 591 g/mol. The van der Waals surface area contributed by atoms with Crippen LogP contribution in [0.3, 0.4) is 0 Å². The molecule has 0 aromatic heterocycles. The number of hydrogen-bond acceptors (Lipinski definition) is 4. The second-order valence-corrected chi connectivity index (χ2v) is 11.5. The number of hydrogen-bond donors (Lipinski definition) is 1. The molecule has 3 rings (SSSR count). The third kappa shape index (κ3) is 12.0. The van der Waals surface area contributed by atoms with Crippen LogP contribution in [0.2, 0.25) is 5.02 Å². The molecule has 0 saturated heterocycles. The zero-order valence-corrected chi connectivity index (χ0v) is 26.0. The number of carbonyl (C=O) groups excluding carboxylic acids is 2. The first-order valence-electron chi connectivity index (χ1n) is 15.9. The van der Waals surface area contributed by atoms with Gasteiger partial charge in [0.25, 0.3) is 0 Å². The molecular formula is C36H47ClN2O3. The zero-order chi connectivity index (χ0) is 29.8. The van der Waals surface area contributed by atoms with E-state index in [1.54, 1.807) is 36.5 Å². The molecule has 0 atom stereocenters. The van der Waals surface area contributed by atoms with Crippen LogP contribution in [0.4, 0.5) is 0 Å². The van der Waals surface area contributed by atoms with E-state index in [0.717, 1.165) is 23.6 Å². The van der Waals surface area contributed by atoms with E-state index in [4.69, 9.17) is 16.3 Å². The van der Waals surface area contributed by atoms with Crippen LogP contribution in [0.25, 0.3) is 10.8 Å². The van der Waals surface area contributed by atoms with Crippen molar-refractivity contribution in [3.8, 4) is 5.75 Å². The van der Waals surface area contributed by atoms with Crippen LogP contribution in [0, 0.1) is 0 Å². The van der Waals surface area contributed by atoms with Crippen molar-refractivity contribution in [1.29, 1.82) is 0 Å². The second-order valence-electron chi connectivity index (χ2n) is 11.1. The molecule has 5 nitrogen and oxygen atoms in total. The molecule has 0 bridgehead atoms. The number of esters is 1. The van der Waals surface area contributed by atoms with Crippen LogP contribution in [0.15, 0.2) is 65.8 Å². The third-order valence-corrected chi connectivity index (χ3v) is 7.95. The van der Waals surface area contributed by atoms with Crippen molar-refractivity contribution >= 4 is 40.5 Å². The molecular weight excluding hydrogens is 544 g/mol. The summed E-state index contributed by atoms with van der Waals surface area (Å²) in [7, 11) is 0. The molecule has 0 heterocycles. The fourth-order valence-corrected chi connectivity index (χ4v) is 5.37. The molecule has 42 heavy (non-hydrogen) atoms. The second kappa shape index (κ2) is 19.9. The molecule has 0 aliphatic rings. The van der Waals surface area contributed by atoms with Crippen molar-refractivity contribution in [2.75, 3.05) is 0 Å². The van der Waals surface area contributed by atoms with Gasteiger partial charge < -0.3 is 4.74 Å². The van der Waals surface area contributed by atoms with Crippen LogP contribution in [-0.2, 0) is 4.79 Å². The summed E-state index contributed by atoms with van der Waals surface area (Å²) in [6, 6.07) is 18.1. The Balaban J connectivity index is 1.36. The number of fused-ring (bicyclic) bond motifs is 1. The Kier molecular flexibility index (Phi) is 15.8. The van der Waals surface area contributed by atoms with Gasteiger partial charge in [-0.2, -0.15) is 5.10 Å². The number of nitrogens with zero attached hydrogens (tertiary/aromatic N) is 1. The van der Waals surface area contributed by atoms with Crippen molar-refractivity contribution in [3.63, 3.8) is 0 Å². The number of rotatable bonds is 20. The number of nitrogens with one attached hydrogen (secondary N) is 1. The molecule has 226 valence electrons. The molecule has 3 aromatic rings. The number of carbonyl (C=O) groups is 2. The molecule has 0 saturated carbocycles. The quantitative estimate of drug-likeness (QED) is 0.0468. The van der Waals surface area contributed by atoms with Gasteiger partial charge in [0.2, 0.25) is 5.91 Å². The number of halogens is 1. The Morgan fingerprint density at radius 2 is 1.31 bits per heavy atom. The number of ether oxygens (including phenoxy) is 1. The Morgan fingerprint density at radius 1 is 0.738 bits per heavy atom. The van der Waals surface area contributed by atoms with E-state index in [0.29, 0.717) is 22.8 Å². The summed E-state index contributed by atoms with van der Waals surface area (Å²) in [5.74, 6) is -0.322. The maximum atomic E-state index is 12.8. The van der Waals surface area contributed by atoms with Gasteiger partial charge in [0, 0.05) is 12.0 Å². The summed E-state index contributed by atoms with van der Waals surface area (Å²) >= 11 is 6.18. The summed E-state index contributed by atoms with van der Waals surface area (Å²) in [5, 5.41) is 6.36. The van der Waals surface area contributed by atoms with Crippen molar-refractivity contribution in [3.05, 3.63) is 76.8 Å². The van der Waals surface area contributed by atoms with E-state index in [-0.39, 0.29) is 11.5 Å². The highest BCUT2D eigenvalue weighted by atomic mass is 35.5. The van der Waals surface area contributed by atoms with Gasteiger partial charge in [-0.05, 0) is 35.4 Å². The van der Waals surface area contributed by atoms with Crippen molar-refractivity contribution < 1.29 is 14.3 Å². The lowest BCUT2D eigenvalue weighted by molar-refractivity contribution is -0.121. The minimum absolute atomic E-state index is 0.115. The van der Waals surface area contributed by atoms with E-state index < -0.39 is 5.97 Å². The lowest BCUT2D eigenvalue weighted by atomic mass is 10.0. The van der Waals surface area contributed by atoms with E-state index in [2.05, 4.69) is 17.5 Å². The maximum Gasteiger partial charge on any atom is 0.345 e. The molecule has 0 spiro atoms. The minimum atomic E-state index is -0.553. The molecule has 0 radical (unpaired) electrons.